The summed E-state index contributed by atoms with van der Waals surface area (Å²) in [7, 11) is 0. The van der Waals surface area contributed by atoms with Gasteiger partial charge >= 0.3 is 5.97 Å². The Morgan fingerprint density at radius 3 is 2.60 bits per heavy atom. The summed E-state index contributed by atoms with van der Waals surface area (Å²) < 4.78 is 2.70. The Bertz CT molecular complexity index is 499. The molecule has 1 rings (SSSR count). The average molecular weight is 345 g/mol. The van der Waals surface area contributed by atoms with Gasteiger partial charge in [0.2, 0.25) is 0 Å². The molecule has 112 valence electrons. The molecule has 0 radical (unpaired) electrons. The summed E-state index contributed by atoms with van der Waals surface area (Å²) in [6, 6.07) is 1.75. The molecular formula is C14H21BrN2O3. The number of carboxylic acid groups (broad SMARTS) is 1. The van der Waals surface area contributed by atoms with Crippen LogP contribution < -0.4 is 5.32 Å². The molecule has 0 aliphatic carbocycles. The van der Waals surface area contributed by atoms with Crippen molar-refractivity contribution in [2.45, 2.75) is 40.2 Å². The molecule has 1 unspecified atom stereocenters. The highest BCUT2D eigenvalue weighted by Gasteiger charge is 2.31. The van der Waals surface area contributed by atoms with E-state index in [0.717, 1.165) is 17.4 Å². The standard InChI is InChI=1S/C14H21BrN2O3/c1-4-6-17-8-10(15)7-11(17)12(18)16-9-14(3,5-2)13(19)20/h7-8H,4-6,9H2,1-3H3,(H,16,18)(H,19,20). The van der Waals surface area contributed by atoms with Crippen LogP contribution >= 0.6 is 15.9 Å². The monoisotopic (exact) mass is 344 g/mol. The maximum atomic E-state index is 12.2. The van der Waals surface area contributed by atoms with Crippen LogP contribution in [0.4, 0.5) is 0 Å². The molecule has 0 fully saturated rings. The van der Waals surface area contributed by atoms with Crippen molar-refractivity contribution >= 4 is 27.8 Å². The zero-order chi connectivity index (χ0) is 15.3. The Hall–Kier alpha value is -1.30. The highest BCUT2D eigenvalue weighted by molar-refractivity contribution is 9.10. The SMILES string of the molecule is CCCn1cc(Br)cc1C(=O)NCC(C)(CC)C(=O)O. The van der Waals surface area contributed by atoms with Crippen LogP contribution in [-0.2, 0) is 11.3 Å². The summed E-state index contributed by atoms with van der Waals surface area (Å²) in [5.41, 5.74) is -0.391. The number of aryl methyl sites for hydroxylation is 1. The molecule has 2 N–H and O–H groups in total. The third kappa shape index (κ3) is 3.85. The van der Waals surface area contributed by atoms with Gasteiger partial charge in [0.25, 0.3) is 5.91 Å². The summed E-state index contributed by atoms with van der Waals surface area (Å²) in [5.74, 6) is -1.14. The Balaban J connectivity index is 2.79. The fourth-order valence-corrected chi connectivity index (χ4v) is 2.27. The Morgan fingerprint density at radius 2 is 2.10 bits per heavy atom. The molecule has 1 amide bonds. The van der Waals surface area contributed by atoms with E-state index in [1.165, 1.54) is 0 Å². The van der Waals surface area contributed by atoms with E-state index in [1.807, 2.05) is 17.7 Å². The van der Waals surface area contributed by atoms with Gasteiger partial charge in [-0.1, -0.05) is 13.8 Å². The normalized spacial score (nSPS) is 13.8. The molecule has 0 aromatic carbocycles. The number of halogens is 1. The Labute approximate surface area is 127 Å². The van der Waals surface area contributed by atoms with Crippen LogP contribution in [0.3, 0.4) is 0 Å². The smallest absolute Gasteiger partial charge is 0.311 e. The van der Waals surface area contributed by atoms with Crippen LogP contribution in [0.25, 0.3) is 0 Å². The number of aromatic nitrogens is 1. The molecule has 0 bridgehead atoms. The quantitative estimate of drug-likeness (QED) is 0.798. The fraction of sp³-hybridized carbons (Fsp3) is 0.571. The number of hydrogen-bond donors (Lipinski definition) is 2. The van der Waals surface area contributed by atoms with E-state index in [2.05, 4.69) is 21.2 Å². The van der Waals surface area contributed by atoms with Gasteiger partial charge in [0.05, 0.1) is 5.41 Å². The molecule has 6 heteroatoms. The number of rotatable bonds is 7. The number of aliphatic carboxylic acids is 1. The predicted molar refractivity (Wildman–Crippen MR) is 80.8 cm³/mol. The second-order valence-corrected chi connectivity index (χ2v) is 6.05. The molecule has 0 saturated heterocycles. The maximum absolute atomic E-state index is 12.2. The molecule has 1 aromatic rings. The van der Waals surface area contributed by atoms with Crippen LogP contribution in [0.5, 0.6) is 0 Å². The molecule has 1 atom stereocenters. The van der Waals surface area contributed by atoms with Crippen molar-refractivity contribution in [3.05, 3.63) is 22.4 Å². The van der Waals surface area contributed by atoms with Crippen molar-refractivity contribution in [3.8, 4) is 0 Å². The summed E-state index contributed by atoms with van der Waals surface area (Å²) in [6.07, 6.45) is 3.24. The van der Waals surface area contributed by atoms with E-state index >= 15 is 0 Å². The van der Waals surface area contributed by atoms with Gasteiger partial charge < -0.3 is 15.0 Å². The van der Waals surface area contributed by atoms with Crippen molar-refractivity contribution in [2.75, 3.05) is 6.54 Å². The van der Waals surface area contributed by atoms with Gasteiger partial charge in [-0.05, 0) is 41.8 Å². The van der Waals surface area contributed by atoms with Gasteiger partial charge in [-0.3, -0.25) is 9.59 Å². The first-order valence-electron chi connectivity index (χ1n) is 6.71. The zero-order valence-electron chi connectivity index (χ0n) is 12.1. The zero-order valence-corrected chi connectivity index (χ0v) is 13.7. The molecule has 1 heterocycles. The molecule has 0 aliphatic heterocycles. The minimum absolute atomic E-state index is 0.118. The first kappa shape index (κ1) is 16.8. The fourth-order valence-electron chi connectivity index (χ4n) is 1.81. The second kappa shape index (κ2) is 6.92. The summed E-state index contributed by atoms with van der Waals surface area (Å²) in [6.45, 7) is 6.34. The van der Waals surface area contributed by atoms with E-state index in [-0.39, 0.29) is 12.5 Å². The highest BCUT2D eigenvalue weighted by atomic mass is 79.9. The van der Waals surface area contributed by atoms with Crippen LogP contribution in [0.1, 0.15) is 44.1 Å². The van der Waals surface area contributed by atoms with E-state index in [9.17, 15) is 14.7 Å². The minimum atomic E-state index is -0.935. The molecule has 0 aliphatic rings. The van der Waals surface area contributed by atoms with Crippen molar-refractivity contribution < 1.29 is 14.7 Å². The van der Waals surface area contributed by atoms with Crippen LogP contribution in [0, 0.1) is 5.41 Å². The topological polar surface area (TPSA) is 71.3 Å². The maximum Gasteiger partial charge on any atom is 0.311 e. The minimum Gasteiger partial charge on any atom is -0.481 e. The summed E-state index contributed by atoms with van der Waals surface area (Å²) in [4.78, 5) is 23.4. The lowest BCUT2D eigenvalue weighted by atomic mass is 9.88. The van der Waals surface area contributed by atoms with Crippen LogP contribution in [0.15, 0.2) is 16.7 Å². The first-order chi connectivity index (χ1) is 9.34. The van der Waals surface area contributed by atoms with Crippen molar-refractivity contribution in [1.29, 1.82) is 0 Å². The molecular weight excluding hydrogens is 324 g/mol. The van der Waals surface area contributed by atoms with Gasteiger partial charge in [-0.2, -0.15) is 0 Å². The van der Waals surface area contributed by atoms with E-state index in [4.69, 9.17) is 0 Å². The number of carboxylic acids is 1. The Kier molecular flexibility index (Phi) is 5.80. The van der Waals surface area contributed by atoms with Gasteiger partial charge in [-0.25, -0.2) is 0 Å². The van der Waals surface area contributed by atoms with E-state index in [1.54, 1.807) is 19.9 Å². The lowest BCUT2D eigenvalue weighted by Gasteiger charge is -2.23. The third-order valence-electron chi connectivity index (χ3n) is 3.50. The lowest BCUT2D eigenvalue weighted by molar-refractivity contribution is -0.147. The summed E-state index contributed by atoms with van der Waals surface area (Å²) >= 11 is 3.35. The molecule has 1 aromatic heterocycles. The average Bonchev–Trinajstić information content (AvgIpc) is 2.77. The van der Waals surface area contributed by atoms with Crippen LogP contribution in [0.2, 0.25) is 0 Å². The number of nitrogens with one attached hydrogen (secondary N) is 1. The van der Waals surface area contributed by atoms with Crippen LogP contribution in [-0.4, -0.2) is 28.1 Å². The van der Waals surface area contributed by atoms with Gasteiger partial charge in [-0.15, -0.1) is 0 Å². The Morgan fingerprint density at radius 1 is 1.45 bits per heavy atom. The molecule has 0 spiro atoms. The highest BCUT2D eigenvalue weighted by Crippen LogP contribution is 2.21. The first-order valence-corrected chi connectivity index (χ1v) is 7.50. The molecule has 20 heavy (non-hydrogen) atoms. The number of carbonyl (C=O) groups excluding carboxylic acids is 1. The van der Waals surface area contributed by atoms with Crippen molar-refractivity contribution in [3.63, 3.8) is 0 Å². The third-order valence-corrected chi connectivity index (χ3v) is 3.93. The summed E-state index contributed by atoms with van der Waals surface area (Å²) in [5, 5.41) is 11.9. The lowest BCUT2D eigenvalue weighted by Crippen LogP contribution is -2.41. The molecule has 5 nitrogen and oxygen atoms in total. The van der Waals surface area contributed by atoms with E-state index in [0.29, 0.717) is 12.1 Å². The predicted octanol–water partition coefficient (Wildman–Crippen LogP) is 2.89. The number of hydrogen-bond acceptors (Lipinski definition) is 2. The second-order valence-electron chi connectivity index (χ2n) is 5.14. The van der Waals surface area contributed by atoms with Gasteiger partial charge in [0, 0.05) is 23.8 Å². The number of carbonyl (C=O) groups is 2. The largest absolute Gasteiger partial charge is 0.481 e. The molecule has 0 saturated carbocycles. The van der Waals surface area contributed by atoms with Gasteiger partial charge in [0.1, 0.15) is 5.69 Å². The number of amides is 1. The van der Waals surface area contributed by atoms with Gasteiger partial charge in [0.15, 0.2) is 0 Å². The van der Waals surface area contributed by atoms with E-state index < -0.39 is 11.4 Å². The van der Waals surface area contributed by atoms with Crippen molar-refractivity contribution in [2.24, 2.45) is 5.41 Å². The van der Waals surface area contributed by atoms with Crippen molar-refractivity contribution in [1.82, 2.24) is 9.88 Å². The number of nitrogens with zero attached hydrogens (tertiary/aromatic N) is 1.